The molecule has 116 valence electrons. The summed E-state index contributed by atoms with van der Waals surface area (Å²) in [6, 6.07) is 5.86. The highest BCUT2D eigenvalue weighted by Crippen LogP contribution is 2.25. The Morgan fingerprint density at radius 1 is 1.20 bits per heavy atom. The highest BCUT2D eigenvalue weighted by Gasteiger charge is 2.10. The Hall–Kier alpha value is -1.17. The predicted octanol–water partition coefficient (Wildman–Crippen LogP) is 2.38. The largest absolute Gasteiger partial charge is 0.412 e. The summed E-state index contributed by atoms with van der Waals surface area (Å²) in [5, 5.41) is 2.45. The van der Waals surface area contributed by atoms with Gasteiger partial charge in [-0.3, -0.25) is 0 Å². The topological polar surface area (TPSA) is 44.8 Å². The van der Waals surface area contributed by atoms with Crippen LogP contribution in [0.3, 0.4) is 0 Å². The van der Waals surface area contributed by atoms with E-state index in [1.165, 1.54) is 0 Å². The van der Waals surface area contributed by atoms with Crippen molar-refractivity contribution in [2.45, 2.75) is 6.54 Å². The Morgan fingerprint density at radius 2 is 1.80 bits per heavy atom. The minimum absolute atomic E-state index is 0. The average Bonchev–Trinajstić information content (AvgIpc) is 2.30. The first-order chi connectivity index (χ1) is 8.43. The summed E-state index contributed by atoms with van der Waals surface area (Å²) in [7, 11) is 9.39. The minimum Gasteiger partial charge on any atom is -0.410 e. The SMILES string of the molecule is CNC(=O)Oc1cc(N(C)C)ccc1CN(C)C.Cl.Cl. The number of nitrogens with one attached hydrogen (secondary N) is 1. The molecular formula is C13H23Cl2N3O2. The van der Waals surface area contributed by atoms with Gasteiger partial charge in [0.2, 0.25) is 0 Å². The first-order valence-electron chi connectivity index (χ1n) is 5.78. The van der Waals surface area contributed by atoms with Gasteiger partial charge in [-0.05, 0) is 20.2 Å². The van der Waals surface area contributed by atoms with Gasteiger partial charge in [0, 0.05) is 45.0 Å². The number of hydrogen-bond acceptors (Lipinski definition) is 4. The Labute approximate surface area is 133 Å². The Kier molecular flexibility index (Phi) is 10.2. The Bertz CT molecular complexity index is 426. The Morgan fingerprint density at radius 3 is 2.25 bits per heavy atom. The highest BCUT2D eigenvalue weighted by molar-refractivity contribution is 5.85. The van der Waals surface area contributed by atoms with E-state index >= 15 is 0 Å². The highest BCUT2D eigenvalue weighted by atomic mass is 35.5. The fourth-order valence-electron chi connectivity index (χ4n) is 1.54. The molecule has 1 aromatic carbocycles. The second kappa shape index (κ2) is 9.69. The standard InChI is InChI=1S/C13H21N3O2.2ClH/c1-14-13(17)18-12-8-11(16(4)5)7-6-10(12)9-15(2)3;;/h6-8H,9H2,1-5H3,(H,14,17);2*1H. The maximum Gasteiger partial charge on any atom is 0.412 e. The van der Waals surface area contributed by atoms with Gasteiger partial charge in [-0.2, -0.15) is 0 Å². The van der Waals surface area contributed by atoms with Crippen LogP contribution >= 0.6 is 24.8 Å². The summed E-state index contributed by atoms with van der Waals surface area (Å²) in [6.07, 6.45) is -0.453. The molecule has 0 radical (unpaired) electrons. The fraction of sp³-hybridized carbons (Fsp3) is 0.462. The van der Waals surface area contributed by atoms with Crippen molar-refractivity contribution in [1.29, 1.82) is 0 Å². The third-order valence-electron chi connectivity index (χ3n) is 2.46. The van der Waals surface area contributed by atoms with Crippen LogP contribution in [0.5, 0.6) is 5.75 Å². The summed E-state index contributed by atoms with van der Waals surface area (Å²) < 4.78 is 5.28. The molecule has 0 aliphatic rings. The molecule has 20 heavy (non-hydrogen) atoms. The summed E-state index contributed by atoms with van der Waals surface area (Å²) in [5.41, 5.74) is 1.98. The predicted molar refractivity (Wildman–Crippen MR) is 87.7 cm³/mol. The molecule has 1 N–H and O–H groups in total. The lowest BCUT2D eigenvalue weighted by Crippen LogP contribution is -2.23. The zero-order valence-electron chi connectivity index (χ0n) is 12.5. The number of amides is 1. The van der Waals surface area contributed by atoms with E-state index in [0.717, 1.165) is 17.8 Å². The molecule has 0 saturated carbocycles. The third kappa shape index (κ3) is 6.32. The molecule has 0 saturated heterocycles. The van der Waals surface area contributed by atoms with Crippen molar-refractivity contribution in [2.75, 3.05) is 40.1 Å². The van der Waals surface area contributed by atoms with E-state index in [-0.39, 0.29) is 24.8 Å². The fourth-order valence-corrected chi connectivity index (χ4v) is 1.54. The van der Waals surface area contributed by atoms with Crippen molar-refractivity contribution in [1.82, 2.24) is 10.2 Å². The van der Waals surface area contributed by atoms with Crippen LogP contribution in [0.15, 0.2) is 18.2 Å². The number of benzene rings is 1. The Balaban J connectivity index is 0. The van der Waals surface area contributed by atoms with Crippen LogP contribution in [0.1, 0.15) is 5.56 Å². The van der Waals surface area contributed by atoms with Crippen LogP contribution in [0.25, 0.3) is 0 Å². The zero-order chi connectivity index (χ0) is 13.7. The molecule has 5 nitrogen and oxygen atoms in total. The van der Waals surface area contributed by atoms with Crippen molar-refractivity contribution < 1.29 is 9.53 Å². The van der Waals surface area contributed by atoms with Crippen LogP contribution in [0, 0.1) is 0 Å². The number of ether oxygens (including phenoxy) is 1. The van der Waals surface area contributed by atoms with Crippen LogP contribution in [0.2, 0.25) is 0 Å². The number of carbonyl (C=O) groups excluding carboxylic acids is 1. The summed E-state index contributed by atoms with van der Waals surface area (Å²) in [5.74, 6) is 0.592. The molecule has 1 rings (SSSR count). The smallest absolute Gasteiger partial charge is 0.410 e. The van der Waals surface area contributed by atoms with Gasteiger partial charge in [0.05, 0.1) is 0 Å². The van der Waals surface area contributed by atoms with Crippen molar-refractivity contribution >= 4 is 36.6 Å². The maximum atomic E-state index is 11.3. The van der Waals surface area contributed by atoms with Gasteiger partial charge < -0.3 is 19.9 Å². The molecule has 0 atom stereocenters. The number of hydrogen-bond donors (Lipinski definition) is 1. The van der Waals surface area contributed by atoms with E-state index in [1.807, 2.05) is 56.2 Å². The van der Waals surface area contributed by atoms with Crippen LogP contribution in [-0.4, -0.2) is 46.2 Å². The second-order valence-electron chi connectivity index (χ2n) is 4.56. The summed E-state index contributed by atoms with van der Waals surface area (Å²) >= 11 is 0. The first-order valence-corrected chi connectivity index (χ1v) is 5.78. The van der Waals surface area contributed by atoms with E-state index in [4.69, 9.17) is 4.74 Å². The third-order valence-corrected chi connectivity index (χ3v) is 2.46. The molecule has 0 bridgehead atoms. The lowest BCUT2D eigenvalue weighted by Gasteiger charge is -2.18. The monoisotopic (exact) mass is 323 g/mol. The van der Waals surface area contributed by atoms with E-state index in [1.54, 1.807) is 7.05 Å². The van der Waals surface area contributed by atoms with E-state index < -0.39 is 6.09 Å². The van der Waals surface area contributed by atoms with Crippen LogP contribution in [0.4, 0.5) is 10.5 Å². The van der Waals surface area contributed by atoms with Crippen molar-refractivity contribution in [3.63, 3.8) is 0 Å². The van der Waals surface area contributed by atoms with Gasteiger partial charge in [0.15, 0.2) is 0 Å². The molecule has 0 aliphatic carbocycles. The molecule has 0 aliphatic heterocycles. The number of carbonyl (C=O) groups is 1. The number of rotatable bonds is 4. The first kappa shape index (κ1) is 21.1. The zero-order valence-corrected chi connectivity index (χ0v) is 14.1. The number of anilines is 1. The van der Waals surface area contributed by atoms with E-state index in [0.29, 0.717) is 5.75 Å². The molecule has 7 heteroatoms. The maximum absolute atomic E-state index is 11.3. The molecule has 0 spiro atoms. The molecule has 1 aromatic rings. The lowest BCUT2D eigenvalue weighted by atomic mass is 10.1. The van der Waals surface area contributed by atoms with Gasteiger partial charge in [-0.15, -0.1) is 24.8 Å². The summed E-state index contributed by atoms with van der Waals surface area (Å²) in [4.78, 5) is 15.3. The summed E-state index contributed by atoms with van der Waals surface area (Å²) in [6.45, 7) is 0.722. The molecule has 0 unspecified atom stereocenters. The van der Waals surface area contributed by atoms with Gasteiger partial charge in [0.25, 0.3) is 0 Å². The van der Waals surface area contributed by atoms with Crippen molar-refractivity contribution in [3.05, 3.63) is 23.8 Å². The molecule has 0 fully saturated rings. The second-order valence-corrected chi connectivity index (χ2v) is 4.56. The normalized spacial score (nSPS) is 9.30. The van der Waals surface area contributed by atoms with E-state index in [9.17, 15) is 4.79 Å². The number of halogens is 2. The van der Waals surface area contributed by atoms with Crippen LogP contribution in [-0.2, 0) is 6.54 Å². The lowest BCUT2D eigenvalue weighted by molar-refractivity contribution is 0.202. The van der Waals surface area contributed by atoms with Gasteiger partial charge in [-0.1, -0.05) is 6.07 Å². The molecular weight excluding hydrogens is 301 g/mol. The molecule has 0 aromatic heterocycles. The van der Waals surface area contributed by atoms with Crippen molar-refractivity contribution in [2.24, 2.45) is 0 Å². The minimum atomic E-state index is -0.453. The van der Waals surface area contributed by atoms with Crippen LogP contribution < -0.4 is 15.0 Å². The number of nitrogens with zero attached hydrogens (tertiary/aromatic N) is 2. The van der Waals surface area contributed by atoms with Gasteiger partial charge in [0.1, 0.15) is 5.75 Å². The quantitative estimate of drug-likeness (QED) is 0.924. The average molecular weight is 324 g/mol. The van der Waals surface area contributed by atoms with Gasteiger partial charge >= 0.3 is 6.09 Å². The van der Waals surface area contributed by atoms with E-state index in [2.05, 4.69) is 5.32 Å². The molecule has 1 amide bonds. The van der Waals surface area contributed by atoms with Crippen molar-refractivity contribution in [3.8, 4) is 5.75 Å². The molecule has 0 heterocycles. The van der Waals surface area contributed by atoms with Gasteiger partial charge in [-0.25, -0.2) is 4.79 Å².